The van der Waals surface area contributed by atoms with Gasteiger partial charge in [-0.25, -0.2) is 4.79 Å². The summed E-state index contributed by atoms with van der Waals surface area (Å²) in [6, 6.07) is 0. The second-order valence-corrected chi connectivity index (χ2v) is 3.37. The summed E-state index contributed by atoms with van der Waals surface area (Å²) in [5.74, 6) is -0.941. The van der Waals surface area contributed by atoms with Gasteiger partial charge in [0.15, 0.2) is 5.72 Å². The summed E-state index contributed by atoms with van der Waals surface area (Å²) in [5.41, 5.74) is -0.771. The van der Waals surface area contributed by atoms with Crippen molar-refractivity contribution >= 4 is 11.9 Å². The average Bonchev–Trinajstić information content (AvgIpc) is 2.02. The second-order valence-electron chi connectivity index (χ2n) is 3.37. The number of carbonyl (C=O) groups is 2. The minimum Gasteiger partial charge on any atom is -0.436 e. The molecule has 0 unspecified atom stereocenters. The summed E-state index contributed by atoms with van der Waals surface area (Å²) in [6.07, 6.45) is 1.11. The van der Waals surface area contributed by atoms with E-state index in [1.54, 1.807) is 13.8 Å². The molecule has 1 amide bonds. The lowest BCUT2D eigenvalue weighted by Gasteiger charge is -2.25. The maximum Gasteiger partial charge on any atom is 0.335 e. The fourth-order valence-electron chi connectivity index (χ4n) is 0.692. The van der Waals surface area contributed by atoms with Crippen LogP contribution in [0.1, 0.15) is 20.8 Å². The van der Waals surface area contributed by atoms with Crippen molar-refractivity contribution in [2.45, 2.75) is 26.5 Å². The largest absolute Gasteiger partial charge is 0.436 e. The van der Waals surface area contributed by atoms with Crippen LogP contribution in [0.15, 0.2) is 24.8 Å². The first-order chi connectivity index (χ1) is 6.28. The molecule has 0 aromatic rings. The normalized spacial score (nSPS) is 10.2. The van der Waals surface area contributed by atoms with Gasteiger partial charge in [0.2, 0.25) is 5.91 Å². The molecule has 0 saturated heterocycles. The predicted molar refractivity (Wildman–Crippen MR) is 53.3 cm³/mol. The first-order valence-corrected chi connectivity index (χ1v) is 4.12. The van der Waals surface area contributed by atoms with E-state index in [1.807, 2.05) is 0 Å². The van der Waals surface area contributed by atoms with E-state index in [0.29, 0.717) is 0 Å². The topological polar surface area (TPSA) is 55.4 Å². The molecule has 0 saturated carbocycles. The molecule has 0 aliphatic carbocycles. The minimum absolute atomic E-state index is 0.283. The highest BCUT2D eigenvalue weighted by Crippen LogP contribution is 2.07. The van der Waals surface area contributed by atoms with Crippen LogP contribution in [0.4, 0.5) is 0 Å². The molecule has 1 N–H and O–H groups in total. The smallest absolute Gasteiger partial charge is 0.335 e. The minimum atomic E-state index is -1.05. The summed E-state index contributed by atoms with van der Waals surface area (Å²) in [4.78, 5) is 22.1. The lowest BCUT2D eigenvalue weighted by molar-refractivity contribution is -0.156. The number of carbonyl (C=O) groups excluding carboxylic acids is 2. The van der Waals surface area contributed by atoms with Gasteiger partial charge in [0.05, 0.1) is 0 Å². The molecule has 78 valence electrons. The van der Waals surface area contributed by atoms with Gasteiger partial charge in [-0.05, 0) is 26.8 Å². The van der Waals surface area contributed by atoms with Gasteiger partial charge >= 0.3 is 5.97 Å². The van der Waals surface area contributed by atoms with E-state index in [4.69, 9.17) is 4.74 Å². The molecule has 14 heavy (non-hydrogen) atoms. The number of hydrogen-bond donors (Lipinski definition) is 1. The van der Waals surface area contributed by atoms with Crippen molar-refractivity contribution in [3.05, 3.63) is 24.8 Å². The number of nitrogens with one attached hydrogen (secondary N) is 1. The molecule has 0 radical (unpaired) electrons. The van der Waals surface area contributed by atoms with E-state index in [-0.39, 0.29) is 5.57 Å². The van der Waals surface area contributed by atoms with E-state index >= 15 is 0 Å². The zero-order valence-electron chi connectivity index (χ0n) is 8.72. The summed E-state index contributed by atoms with van der Waals surface area (Å²) in [6.45, 7) is 11.4. The van der Waals surface area contributed by atoms with Crippen molar-refractivity contribution in [2.75, 3.05) is 0 Å². The summed E-state index contributed by atoms with van der Waals surface area (Å²) in [7, 11) is 0. The highest BCUT2D eigenvalue weighted by molar-refractivity contribution is 5.89. The highest BCUT2D eigenvalue weighted by Gasteiger charge is 2.23. The zero-order valence-corrected chi connectivity index (χ0v) is 8.72. The molecular weight excluding hydrogens is 182 g/mol. The number of hydrogen-bond acceptors (Lipinski definition) is 3. The SMILES string of the molecule is C=CC(=O)NC(C)(C)OC(=O)C(=C)C. The third-order valence-electron chi connectivity index (χ3n) is 1.31. The Balaban J connectivity index is 4.33. The number of rotatable bonds is 4. The van der Waals surface area contributed by atoms with Crippen molar-refractivity contribution < 1.29 is 14.3 Å². The van der Waals surface area contributed by atoms with Crippen molar-refractivity contribution in [3.8, 4) is 0 Å². The van der Waals surface area contributed by atoms with Crippen LogP contribution < -0.4 is 5.32 Å². The monoisotopic (exact) mass is 197 g/mol. The number of ether oxygens (including phenoxy) is 1. The number of amides is 1. The fraction of sp³-hybridized carbons (Fsp3) is 0.400. The predicted octanol–water partition coefficient (Wildman–Crippen LogP) is 1.14. The molecule has 0 aliphatic rings. The molecule has 0 bridgehead atoms. The van der Waals surface area contributed by atoms with Crippen LogP contribution >= 0.6 is 0 Å². The summed E-state index contributed by atoms with van der Waals surface area (Å²) >= 11 is 0. The van der Waals surface area contributed by atoms with Crippen LogP contribution in [-0.2, 0) is 14.3 Å². The van der Waals surface area contributed by atoms with Gasteiger partial charge < -0.3 is 10.1 Å². The Hall–Kier alpha value is -1.58. The van der Waals surface area contributed by atoms with E-state index in [0.717, 1.165) is 6.08 Å². The van der Waals surface area contributed by atoms with Crippen LogP contribution in [0, 0.1) is 0 Å². The quantitative estimate of drug-likeness (QED) is 0.418. The van der Waals surface area contributed by atoms with Crippen LogP contribution in [0.3, 0.4) is 0 Å². The fourth-order valence-corrected chi connectivity index (χ4v) is 0.692. The first-order valence-electron chi connectivity index (χ1n) is 4.12. The van der Waals surface area contributed by atoms with Gasteiger partial charge in [-0.2, -0.15) is 0 Å². The third kappa shape index (κ3) is 4.45. The summed E-state index contributed by atoms with van der Waals surface area (Å²) < 4.78 is 4.95. The van der Waals surface area contributed by atoms with Crippen molar-refractivity contribution in [2.24, 2.45) is 0 Å². The standard InChI is InChI=1S/C10H15NO3/c1-6-8(12)11-10(4,5)14-9(13)7(2)3/h6H,1-2H2,3-5H3,(H,11,12). The molecule has 0 fully saturated rings. The van der Waals surface area contributed by atoms with Crippen molar-refractivity contribution in [1.29, 1.82) is 0 Å². The van der Waals surface area contributed by atoms with Gasteiger partial charge in [-0.15, -0.1) is 0 Å². The highest BCUT2D eigenvalue weighted by atomic mass is 16.6. The lowest BCUT2D eigenvalue weighted by Crippen LogP contribution is -2.46. The van der Waals surface area contributed by atoms with Crippen LogP contribution in [0.5, 0.6) is 0 Å². The molecule has 0 rings (SSSR count). The Morgan fingerprint density at radius 2 is 1.93 bits per heavy atom. The van der Waals surface area contributed by atoms with Crippen LogP contribution in [0.2, 0.25) is 0 Å². The lowest BCUT2D eigenvalue weighted by atomic mass is 10.3. The second kappa shape index (κ2) is 4.60. The molecule has 0 spiro atoms. The third-order valence-corrected chi connectivity index (χ3v) is 1.31. The molecule has 0 aromatic carbocycles. The van der Waals surface area contributed by atoms with Gasteiger partial charge in [-0.3, -0.25) is 4.79 Å². The Bertz CT molecular complexity index is 279. The summed E-state index contributed by atoms with van der Waals surface area (Å²) in [5, 5.41) is 2.45. The first kappa shape index (κ1) is 12.4. The van der Waals surface area contributed by atoms with E-state index in [2.05, 4.69) is 18.5 Å². The van der Waals surface area contributed by atoms with Crippen molar-refractivity contribution in [1.82, 2.24) is 5.32 Å². The molecule has 0 atom stereocenters. The maximum absolute atomic E-state index is 11.1. The van der Waals surface area contributed by atoms with Gasteiger partial charge in [0, 0.05) is 5.57 Å². The Kier molecular flexibility index (Phi) is 4.08. The van der Waals surface area contributed by atoms with E-state index in [1.165, 1.54) is 6.92 Å². The molecule has 0 aliphatic heterocycles. The van der Waals surface area contributed by atoms with Crippen LogP contribution in [0.25, 0.3) is 0 Å². The average molecular weight is 197 g/mol. The molecule has 0 heterocycles. The Morgan fingerprint density at radius 1 is 1.43 bits per heavy atom. The maximum atomic E-state index is 11.1. The molecule has 0 aromatic heterocycles. The Morgan fingerprint density at radius 3 is 2.29 bits per heavy atom. The Labute approximate surface area is 83.6 Å². The zero-order chi connectivity index (χ0) is 11.4. The van der Waals surface area contributed by atoms with E-state index in [9.17, 15) is 9.59 Å². The van der Waals surface area contributed by atoms with E-state index < -0.39 is 17.6 Å². The molecule has 4 nitrogen and oxygen atoms in total. The molecule has 4 heteroatoms. The van der Waals surface area contributed by atoms with Gasteiger partial charge in [0.25, 0.3) is 0 Å². The molecular formula is C10H15NO3. The number of esters is 1. The van der Waals surface area contributed by atoms with Gasteiger partial charge in [0.1, 0.15) is 0 Å². The van der Waals surface area contributed by atoms with Crippen LogP contribution in [-0.4, -0.2) is 17.6 Å². The van der Waals surface area contributed by atoms with Gasteiger partial charge in [-0.1, -0.05) is 13.2 Å². The van der Waals surface area contributed by atoms with Crippen molar-refractivity contribution in [3.63, 3.8) is 0 Å².